The summed E-state index contributed by atoms with van der Waals surface area (Å²) >= 11 is 0. The summed E-state index contributed by atoms with van der Waals surface area (Å²) in [5, 5.41) is 0. The zero-order valence-electron chi connectivity index (χ0n) is 17.7. The molecule has 2 aliphatic heterocycles. The SMILES string of the molecule is COc1ccc(C)cc1N1C(=O)C(c2ccccc2)=C(N2CC(C)OC(C)C2)C1=O. The molecule has 0 aliphatic carbocycles. The zero-order chi connectivity index (χ0) is 21.4. The number of rotatable bonds is 4. The van der Waals surface area contributed by atoms with Crippen LogP contribution in [0.3, 0.4) is 0 Å². The van der Waals surface area contributed by atoms with Gasteiger partial charge in [-0.05, 0) is 44.0 Å². The molecule has 2 unspecified atom stereocenters. The number of imide groups is 1. The summed E-state index contributed by atoms with van der Waals surface area (Å²) in [6.07, 6.45) is -0.0764. The fraction of sp³-hybridized carbons (Fsp3) is 0.333. The number of carbonyl (C=O) groups is 2. The molecule has 0 radical (unpaired) electrons. The molecule has 0 bridgehead atoms. The molecule has 0 spiro atoms. The topological polar surface area (TPSA) is 59.1 Å². The van der Waals surface area contributed by atoms with Gasteiger partial charge in [0.2, 0.25) is 0 Å². The second-order valence-electron chi connectivity index (χ2n) is 7.87. The molecule has 6 heteroatoms. The smallest absolute Gasteiger partial charge is 0.282 e. The molecule has 2 aromatic carbocycles. The van der Waals surface area contributed by atoms with Gasteiger partial charge in [0, 0.05) is 13.1 Å². The lowest BCUT2D eigenvalue weighted by atomic mass is 10.0. The van der Waals surface area contributed by atoms with Gasteiger partial charge < -0.3 is 14.4 Å². The van der Waals surface area contributed by atoms with Crippen molar-refractivity contribution >= 4 is 23.1 Å². The number of anilines is 1. The average molecular weight is 406 g/mol. The van der Waals surface area contributed by atoms with Crippen molar-refractivity contribution in [1.82, 2.24) is 4.90 Å². The van der Waals surface area contributed by atoms with E-state index < -0.39 is 0 Å². The molecule has 156 valence electrons. The molecule has 30 heavy (non-hydrogen) atoms. The van der Waals surface area contributed by atoms with Crippen LogP contribution in [0, 0.1) is 6.92 Å². The van der Waals surface area contributed by atoms with Crippen molar-refractivity contribution < 1.29 is 19.1 Å². The maximum Gasteiger partial charge on any atom is 0.282 e. The van der Waals surface area contributed by atoms with Crippen LogP contribution in [0.4, 0.5) is 5.69 Å². The minimum Gasteiger partial charge on any atom is -0.495 e. The first-order chi connectivity index (χ1) is 14.4. The van der Waals surface area contributed by atoms with E-state index in [4.69, 9.17) is 9.47 Å². The Morgan fingerprint density at radius 2 is 1.63 bits per heavy atom. The summed E-state index contributed by atoms with van der Waals surface area (Å²) in [6, 6.07) is 14.9. The third-order valence-corrected chi connectivity index (χ3v) is 5.43. The number of methoxy groups -OCH3 is 1. The number of aryl methyl sites for hydroxylation is 1. The van der Waals surface area contributed by atoms with Gasteiger partial charge in [-0.3, -0.25) is 9.59 Å². The van der Waals surface area contributed by atoms with Crippen LogP contribution in [-0.2, 0) is 14.3 Å². The Bertz CT molecular complexity index is 1010. The number of hydrogen-bond acceptors (Lipinski definition) is 5. The first-order valence-corrected chi connectivity index (χ1v) is 10.1. The second-order valence-corrected chi connectivity index (χ2v) is 7.87. The first kappa shape index (κ1) is 20.2. The van der Waals surface area contributed by atoms with E-state index in [0.29, 0.717) is 35.8 Å². The van der Waals surface area contributed by atoms with Crippen LogP contribution in [0.1, 0.15) is 25.0 Å². The van der Waals surface area contributed by atoms with Gasteiger partial charge in [-0.2, -0.15) is 0 Å². The van der Waals surface area contributed by atoms with Gasteiger partial charge in [-0.15, -0.1) is 0 Å². The van der Waals surface area contributed by atoms with Gasteiger partial charge in [-0.1, -0.05) is 36.4 Å². The quantitative estimate of drug-likeness (QED) is 0.729. The maximum atomic E-state index is 13.7. The van der Waals surface area contributed by atoms with E-state index >= 15 is 0 Å². The molecule has 2 aliphatic rings. The van der Waals surface area contributed by atoms with Crippen molar-refractivity contribution in [1.29, 1.82) is 0 Å². The third kappa shape index (κ3) is 3.48. The predicted octanol–water partition coefficient (Wildman–Crippen LogP) is 3.40. The molecule has 0 saturated carbocycles. The van der Waals surface area contributed by atoms with Crippen LogP contribution in [0.5, 0.6) is 5.75 Å². The van der Waals surface area contributed by atoms with Gasteiger partial charge in [-0.25, -0.2) is 4.90 Å². The first-order valence-electron chi connectivity index (χ1n) is 10.1. The minimum atomic E-state index is -0.336. The molecule has 0 N–H and O–H groups in total. The molecule has 2 aromatic rings. The Labute approximate surface area is 176 Å². The standard InChI is InChI=1S/C24H26N2O4/c1-15-10-11-20(29-4)19(12-15)26-23(27)21(18-8-6-5-7-9-18)22(24(26)28)25-13-16(2)30-17(3)14-25/h5-12,16-17H,13-14H2,1-4H3. The summed E-state index contributed by atoms with van der Waals surface area (Å²) in [4.78, 5) is 30.6. The molecular weight excluding hydrogens is 380 g/mol. The largest absolute Gasteiger partial charge is 0.495 e. The number of hydrogen-bond donors (Lipinski definition) is 0. The highest BCUT2D eigenvalue weighted by Gasteiger charge is 2.44. The second kappa shape index (κ2) is 7.95. The summed E-state index contributed by atoms with van der Waals surface area (Å²) in [5.41, 5.74) is 2.98. The zero-order valence-corrected chi connectivity index (χ0v) is 17.7. The van der Waals surface area contributed by atoms with Crippen LogP contribution in [0.15, 0.2) is 54.2 Å². The molecule has 0 aromatic heterocycles. The molecular formula is C24H26N2O4. The Hall–Kier alpha value is -3.12. The molecule has 4 rings (SSSR count). The van der Waals surface area contributed by atoms with Gasteiger partial charge in [0.25, 0.3) is 11.8 Å². The van der Waals surface area contributed by atoms with Crippen molar-refractivity contribution in [2.75, 3.05) is 25.1 Å². The van der Waals surface area contributed by atoms with Crippen LogP contribution in [-0.4, -0.2) is 49.1 Å². The minimum absolute atomic E-state index is 0.0382. The van der Waals surface area contributed by atoms with E-state index in [-0.39, 0.29) is 24.0 Å². The number of nitrogens with zero attached hydrogens (tertiary/aromatic N) is 2. The van der Waals surface area contributed by atoms with E-state index in [1.54, 1.807) is 6.07 Å². The number of carbonyl (C=O) groups excluding carboxylic acids is 2. The molecule has 2 atom stereocenters. The summed E-state index contributed by atoms with van der Waals surface area (Å²) in [5.74, 6) is -0.180. The Balaban J connectivity index is 1.86. The lowest BCUT2D eigenvalue weighted by molar-refractivity contribution is -0.121. The van der Waals surface area contributed by atoms with E-state index in [1.807, 2.05) is 68.1 Å². The van der Waals surface area contributed by atoms with Crippen molar-refractivity contribution in [3.8, 4) is 5.75 Å². The van der Waals surface area contributed by atoms with Crippen molar-refractivity contribution in [3.05, 3.63) is 65.4 Å². The summed E-state index contributed by atoms with van der Waals surface area (Å²) in [7, 11) is 1.54. The van der Waals surface area contributed by atoms with Crippen LogP contribution in [0.2, 0.25) is 0 Å². The summed E-state index contributed by atoms with van der Waals surface area (Å²) < 4.78 is 11.3. The Kier molecular flexibility index (Phi) is 5.35. The fourth-order valence-corrected chi connectivity index (χ4v) is 4.23. The number of ether oxygens (including phenoxy) is 2. The van der Waals surface area contributed by atoms with Crippen LogP contribution in [0.25, 0.3) is 5.57 Å². The number of benzene rings is 2. The number of amides is 2. The van der Waals surface area contributed by atoms with Crippen LogP contribution >= 0.6 is 0 Å². The van der Waals surface area contributed by atoms with Crippen molar-refractivity contribution in [2.24, 2.45) is 0 Å². The normalized spacial score (nSPS) is 22.1. The van der Waals surface area contributed by atoms with E-state index in [2.05, 4.69) is 0 Å². The average Bonchev–Trinajstić information content (AvgIpc) is 2.98. The fourth-order valence-electron chi connectivity index (χ4n) is 4.23. The lowest BCUT2D eigenvalue weighted by Gasteiger charge is -2.37. The van der Waals surface area contributed by atoms with E-state index in [9.17, 15) is 9.59 Å². The number of morpholine rings is 1. The molecule has 6 nitrogen and oxygen atoms in total. The van der Waals surface area contributed by atoms with E-state index in [1.165, 1.54) is 12.0 Å². The molecule has 1 saturated heterocycles. The molecule has 2 heterocycles. The van der Waals surface area contributed by atoms with Gasteiger partial charge in [0.15, 0.2) is 0 Å². The molecule has 2 amide bonds. The van der Waals surface area contributed by atoms with Crippen LogP contribution < -0.4 is 9.64 Å². The summed E-state index contributed by atoms with van der Waals surface area (Å²) in [6.45, 7) is 6.98. The van der Waals surface area contributed by atoms with Gasteiger partial charge in [0.1, 0.15) is 11.4 Å². The monoisotopic (exact) mass is 406 g/mol. The third-order valence-electron chi connectivity index (χ3n) is 5.43. The highest BCUT2D eigenvalue weighted by molar-refractivity contribution is 6.45. The Morgan fingerprint density at radius 1 is 0.967 bits per heavy atom. The highest BCUT2D eigenvalue weighted by Crippen LogP contribution is 2.39. The van der Waals surface area contributed by atoms with E-state index in [0.717, 1.165) is 11.1 Å². The Morgan fingerprint density at radius 3 is 2.27 bits per heavy atom. The lowest BCUT2D eigenvalue weighted by Crippen LogP contribution is -2.47. The van der Waals surface area contributed by atoms with Gasteiger partial charge in [0.05, 0.1) is 30.6 Å². The van der Waals surface area contributed by atoms with Crippen molar-refractivity contribution in [2.45, 2.75) is 33.0 Å². The predicted molar refractivity (Wildman–Crippen MR) is 115 cm³/mol. The highest BCUT2D eigenvalue weighted by atomic mass is 16.5. The van der Waals surface area contributed by atoms with Crippen molar-refractivity contribution in [3.63, 3.8) is 0 Å². The molecule has 1 fully saturated rings. The van der Waals surface area contributed by atoms with Gasteiger partial charge >= 0.3 is 0 Å². The maximum absolute atomic E-state index is 13.7.